The number of methoxy groups -OCH3 is 2. The molecule has 23 heavy (non-hydrogen) atoms. The van der Waals surface area contributed by atoms with Crippen molar-refractivity contribution < 1.29 is 19.4 Å². The van der Waals surface area contributed by atoms with Crippen LogP contribution >= 0.6 is 11.3 Å². The minimum atomic E-state index is -0.909. The highest BCUT2D eigenvalue weighted by Crippen LogP contribution is 2.51. The zero-order valence-corrected chi connectivity index (χ0v) is 14.2. The molecule has 1 N–H and O–H groups in total. The number of ether oxygens (including phenoxy) is 2. The summed E-state index contributed by atoms with van der Waals surface area (Å²) in [5.74, 6) is 0.461. The van der Waals surface area contributed by atoms with Gasteiger partial charge in [-0.1, -0.05) is 12.5 Å². The van der Waals surface area contributed by atoms with Crippen LogP contribution in [-0.4, -0.2) is 30.3 Å². The molecule has 2 aromatic rings. The van der Waals surface area contributed by atoms with Gasteiger partial charge in [-0.25, -0.2) is 9.78 Å². The number of rotatable bonds is 5. The van der Waals surface area contributed by atoms with Gasteiger partial charge in [0, 0.05) is 5.41 Å². The molecule has 122 valence electrons. The van der Waals surface area contributed by atoms with Crippen LogP contribution in [-0.2, 0) is 5.41 Å². The van der Waals surface area contributed by atoms with Gasteiger partial charge >= 0.3 is 5.97 Å². The summed E-state index contributed by atoms with van der Waals surface area (Å²) in [6.07, 6.45) is 3.04. The lowest BCUT2D eigenvalue weighted by atomic mass is 9.65. The molecule has 0 amide bonds. The predicted molar refractivity (Wildman–Crippen MR) is 88.0 cm³/mol. The minimum absolute atomic E-state index is 0.206. The van der Waals surface area contributed by atoms with Crippen molar-refractivity contribution in [1.82, 2.24) is 4.98 Å². The van der Waals surface area contributed by atoms with Crippen LogP contribution in [0, 0.1) is 6.92 Å². The van der Waals surface area contributed by atoms with E-state index in [0.717, 1.165) is 29.8 Å². The maximum Gasteiger partial charge on any atom is 0.347 e. The fourth-order valence-corrected chi connectivity index (χ4v) is 4.26. The highest BCUT2D eigenvalue weighted by atomic mass is 32.1. The fraction of sp³-hybridized carbons (Fsp3) is 0.412. The average molecular weight is 333 g/mol. The molecule has 0 atom stereocenters. The molecule has 3 rings (SSSR count). The van der Waals surface area contributed by atoms with Crippen LogP contribution in [0.5, 0.6) is 11.5 Å². The molecule has 1 saturated carbocycles. The third kappa shape index (κ3) is 2.47. The van der Waals surface area contributed by atoms with Gasteiger partial charge in [-0.15, -0.1) is 11.3 Å². The normalized spacial score (nSPS) is 15.8. The zero-order valence-electron chi connectivity index (χ0n) is 13.4. The largest absolute Gasteiger partial charge is 0.493 e. The SMILES string of the molecule is COc1ccc(C2(c3nc(C)c(C(=O)O)s3)CCC2)cc1OC. The van der Waals surface area contributed by atoms with Gasteiger partial charge in [-0.3, -0.25) is 0 Å². The van der Waals surface area contributed by atoms with E-state index in [4.69, 9.17) is 9.47 Å². The average Bonchev–Trinajstić information content (AvgIpc) is 2.88. The monoisotopic (exact) mass is 333 g/mol. The number of thiazole rings is 1. The Balaban J connectivity index is 2.08. The van der Waals surface area contributed by atoms with Gasteiger partial charge in [0.1, 0.15) is 9.88 Å². The van der Waals surface area contributed by atoms with Crippen molar-refractivity contribution in [2.45, 2.75) is 31.6 Å². The number of aromatic carboxylic acids is 1. The fourth-order valence-electron chi connectivity index (χ4n) is 3.09. The van der Waals surface area contributed by atoms with Gasteiger partial charge in [-0.2, -0.15) is 0 Å². The van der Waals surface area contributed by atoms with Crippen molar-refractivity contribution in [2.24, 2.45) is 0 Å². The molecule has 0 radical (unpaired) electrons. The van der Waals surface area contributed by atoms with E-state index in [2.05, 4.69) is 4.98 Å². The molecule has 1 aliphatic carbocycles. The maximum absolute atomic E-state index is 11.3. The van der Waals surface area contributed by atoms with Crippen LogP contribution < -0.4 is 9.47 Å². The first-order valence-corrected chi connectivity index (χ1v) is 8.27. The van der Waals surface area contributed by atoms with E-state index in [0.29, 0.717) is 22.1 Å². The van der Waals surface area contributed by atoms with Gasteiger partial charge in [-0.05, 0) is 37.5 Å². The van der Waals surface area contributed by atoms with Crippen molar-refractivity contribution in [3.63, 3.8) is 0 Å². The number of hydrogen-bond donors (Lipinski definition) is 1. The van der Waals surface area contributed by atoms with E-state index in [1.165, 1.54) is 11.3 Å². The van der Waals surface area contributed by atoms with Crippen LogP contribution in [0.3, 0.4) is 0 Å². The number of hydrogen-bond acceptors (Lipinski definition) is 5. The van der Waals surface area contributed by atoms with Gasteiger partial charge < -0.3 is 14.6 Å². The lowest BCUT2D eigenvalue weighted by Gasteiger charge is -2.41. The smallest absolute Gasteiger partial charge is 0.347 e. The van der Waals surface area contributed by atoms with E-state index in [1.807, 2.05) is 18.2 Å². The summed E-state index contributed by atoms with van der Waals surface area (Å²) in [5, 5.41) is 10.2. The first kappa shape index (κ1) is 15.8. The first-order valence-electron chi connectivity index (χ1n) is 7.45. The lowest BCUT2D eigenvalue weighted by Crippen LogP contribution is -2.35. The third-order valence-corrected chi connectivity index (χ3v) is 5.89. The molecule has 0 saturated heterocycles. The number of benzene rings is 1. The molecule has 1 aromatic carbocycles. The molecular formula is C17H19NO4S. The molecule has 0 aliphatic heterocycles. The number of aryl methyl sites for hydroxylation is 1. The molecule has 1 heterocycles. The summed E-state index contributed by atoms with van der Waals surface area (Å²) in [6, 6.07) is 5.90. The predicted octanol–water partition coefficient (Wildman–Crippen LogP) is 3.64. The topological polar surface area (TPSA) is 68.7 Å². The second kappa shape index (κ2) is 5.85. The molecule has 0 unspecified atom stereocenters. The first-order chi connectivity index (χ1) is 11.0. The Morgan fingerprint density at radius 1 is 1.26 bits per heavy atom. The number of nitrogens with zero attached hydrogens (tertiary/aromatic N) is 1. The number of carbonyl (C=O) groups is 1. The second-order valence-electron chi connectivity index (χ2n) is 5.74. The molecule has 1 fully saturated rings. The Hall–Kier alpha value is -2.08. The Bertz CT molecular complexity index is 749. The van der Waals surface area contributed by atoms with E-state index >= 15 is 0 Å². The molecule has 1 aromatic heterocycles. The van der Waals surface area contributed by atoms with Crippen molar-refractivity contribution in [1.29, 1.82) is 0 Å². The standard InChI is InChI=1S/C17H19NO4S/c1-10-14(15(19)20)23-16(18-10)17(7-4-8-17)11-5-6-12(21-2)13(9-11)22-3/h5-6,9H,4,7-8H2,1-3H3,(H,19,20). The summed E-state index contributed by atoms with van der Waals surface area (Å²) in [6.45, 7) is 1.75. The summed E-state index contributed by atoms with van der Waals surface area (Å²) < 4.78 is 10.7. The Kier molecular flexibility index (Phi) is 4.02. The molecule has 1 aliphatic rings. The zero-order chi connectivity index (χ0) is 16.6. The van der Waals surface area contributed by atoms with Crippen LogP contribution in [0.15, 0.2) is 18.2 Å². The highest BCUT2D eigenvalue weighted by Gasteiger charge is 2.44. The van der Waals surface area contributed by atoms with E-state index in [9.17, 15) is 9.90 Å². The molecule has 0 spiro atoms. The Morgan fingerprint density at radius 3 is 2.43 bits per heavy atom. The minimum Gasteiger partial charge on any atom is -0.493 e. The summed E-state index contributed by atoms with van der Waals surface area (Å²) in [7, 11) is 3.23. The summed E-state index contributed by atoms with van der Waals surface area (Å²) >= 11 is 1.29. The van der Waals surface area contributed by atoms with Crippen molar-refractivity contribution in [3.8, 4) is 11.5 Å². The van der Waals surface area contributed by atoms with Crippen LogP contribution in [0.1, 0.15) is 45.2 Å². The van der Waals surface area contributed by atoms with Gasteiger partial charge in [0.2, 0.25) is 0 Å². The van der Waals surface area contributed by atoms with Crippen LogP contribution in [0.4, 0.5) is 0 Å². The van der Waals surface area contributed by atoms with Gasteiger partial charge in [0.05, 0.1) is 19.9 Å². The van der Waals surface area contributed by atoms with Crippen molar-refractivity contribution in [2.75, 3.05) is 14.2 Å². The van der Waals surface area contributed by atoms with Gasteiger partial charge in [0.15, 0.2) is 11.5 Å². The quantitative estimate of drug-likeness (QED) is 0.905. The molecule has 6 heteroatoms. The summed E-state index contributed by atoms with van der Waals surface area (Å²) in [5.41, 5.74) is 1.49. The second-order valence-corrected chi connectivity index (χ2v) is 6.74. The Labute approximate surface area is 138 Å². The van der Waals surface area contributed by atoms with E-state index < -0.39 is 5.97 Å². The molecule has 5 nitrogen and oxygen atoms in total. The van der Waals surface area contributed by atoms with Crippen molar-refractivity contribution in [3.05, 3.63) is 39.3 Å². The Morgan fingerprint density at radius 2 is 1.96 bits per heavy atom. The lowest BCUT2D eigenvalue weighted by molar-refractivity contribution is 0.0701. The number of carboxylic acids is 1. The van der Waals surface area contributed by atoms with Gasteiger partial charge in [0.25, 0.3) is 0 Å². The third-order valence-electron chi connectivity index (χ3n) is 4.54. The number of carboxylic acid groups (broad SMARTS) is 1. The van der Waals surface area contributed by atoms with E-state index in [1.54, 1.807) is 21.1 Å². The highest BCUT2D eigenvalue weighted by molar-refractivity contribution is 7.13. The van der Waals surface area contributed by atoms with Crippen LogP contribution in [0.2, 0.25) is 0 Å². The van der Waals surface area contributed by atoms with Crippen LogP contribution in [0.25, 0.3) is 0 Å². The number of aromatic nitrogens is 1. The summed E-state index contributed by atoms with van der Waals surface area (Å²) in [4.78, 5) is 16.2. The molecular weight excluding hydrogens is 314 g/mol. The van der Waals surface area contributed by atoms with E-state index in [-0.39, 0.29) is 5.41 Å². The van der Waals surface area contributed by atoms with Crippen molar-refractivity contribution >= 4 is 17.3 Å². The molecule has 0 bridgehead atoms. The maximum atomic E-state index is 11.3.